The van der Waals surface area contributed by atoms with Crippen LogP contribution in [0.4, 0.5) is 0 Å². The van der Waals surface area contributed by atoms with Crippen LogP contribution in [0.3, 0.4) is 0 Å². The number of allylic oxidation sites excluding steroid dienone is 4. The van der Waals surface area contributed by atoms with Crippen molar-refractivity contribution in [1.82, 2.24) is 0 Å². The monoisotopic (exact) mass is 211 g/mol. The van der Waals surface area contributed by atoms with Gasteiger partial charge in [-0.3, -0.25) is 0 Å². The topological polar surface area (TPSA) is 26.0 Å². The van der Waals surface area contributed by atoms with Crippen LogP contribution in [0.1, 0.15) is 13.3 Å². The van der Waals surface area contributed by atoms with Crippen LogP contribution in [-0.4, -0.2) is 0 Å². The SMILES string of the molecule is CC1CC#C/C(Br)=C\C=C/1N. The van der Waals surface area contributed by atoms with E-state index in [9.17, 15) is 0 Å². The van der Waals surface area contributed by atoms with E-state index in [1.807, 2.05) is 12.2 Å². The van der Waals surface area contributed by atoms with Crippen molar-refractivity contribution in [2.24, 2.45) is 11.7 Å². The minimum atomic E-state index is 0.374. The summed E-state index contributed by atoms with van der Waals surface area (Å²) in [7, 11) is 0. The predicted molar refractivity (Wildman–Crippen MR) is 50.8 cm³/mol. The first kappa shape index (κ1) is 8.42. The fraction of sp³-hybridized carbons (Fsp3) is 0.333. The van der Waals surface area contributed by atoms with Crippen LogP contribution in [0.5, 0.6) is 0 Å². The zero-order valence-electron chi connectivity index (χ0n) is 6.39. The van der Waals surface area contributed by atoms with E-state index in [-0.39, 0.29) is 0 Å². The van der Waals surface area contributed by atoms with Crippen molar-refractivity contribution >= 4 is 15.9 Å². The molecule has 0 aromatic heterocycles. The van der Waals surface area contributed by atoms with Gasteiger partial charge in [0.2, 0.25) is 0 Å². The van der Waals surface area contributed by atoms with Gasteiger partial charge >= 0.3 is 0 Å². The van der Waals surface area contributed by atoms with Crippen molar-refractivity contribution in [2.45, 2.75) is 13.3 Å². The molecule has 1 aliphatic carbocycles. The maximum Gasteiger partial charge on any atom is 0.0674 e. The Kier molecular flexibility index (Phi) is 2.78. The van der Waals surface area contributed by atoms with E-state index in [1.165, 1.54) is 0 Å². The van der Waals surface area contributed by atoms with Gasteiger partial charge in [0.1, 0.15) is 0 Å². The summed E-state index contributed by atoms with van der Waals surface area (Å²) in [5, 5.41) is 0. The molecule has 1 aliphatic rings. The molecule has 0 aromatic carbocycles. The molecule has 0 fully saturated rings. The summed E-state index contributed by atoms with van der Waals surface area (Å²) in [4.78, 5) is 0. The van der Waals surface area contributed by atoms with Crippen LogP contribution in [0.2, 0.25) is 0 Å². The lowest BCUT2D eigenvalue weighted by molar-refractivity contribution is 0.697. The van der Waals surface area contributed by atoms with Crippen molar-refractivity contribution in [3.05, 3.63) is 22.3 Å². The van der Waals surface area contributed by atoms with E-state index in [0.29, 0.717) is 5.92 Å². The molecule has 0 amide bonds. The van der Waals surface area contributed by atoms with Crippen LogP contribution in [0.25, 0.3) is 0 Å². The third kappa shape index (κ3) is 2.44. The maximum atomic E-state index is 5.74. The summed E-state index contributed by atoms with van der Waals surface area (Å²) in [5.74, 6) is 6.37. The maximum absolute atomic E-state index is 5.74. The summed E-state index contributed by atoms with van der Waals surface area (Å²) in [6, 6.07) is 0. The van der Waals surface area contributed by atoms with Crippen molar-refractivity contribution in [3.8, 4) is 11.8 Å². The first-order chi connectivity index (χ1) is 5.20. The van der Waals surface area contributed by atoms with E-state index in [2.05, 4.69) is 34.7 Å². The second-order valence-electron chi connectivity index (χ2n) is 2.59. The molecule has 2 heteroatoms. The van der Waals surface area contributed by atoms with Gasteiger partial charge in [-0.05, 0) is 28.1 Å². The quantitative estimate of drug-likeness (QED) is 0.611. The van der Waals surface area contributed by atoms with Gasteiger partial charge in [-0.1, -0.05) is 18.8 Å². The average molecular weight is 212 g/mol. The van der Waals surface area contributed by atoms with Crippen molar-refractivity contribution < 1.29 is 0 Å². The van der Waals surface area contributed by atoms with Crippen LogP contribution in [0.15, 0.2) is 22.3 Å². The Labute approximate surface area is 75.5 Å². The second-order valence-corrected chi connectivity index (χ2v) is 3.44. The normalized spacial score (nSPS) is 33.1. The third-order valence-corrected chi connectivity index (χ3v) is 2.07. The van der Waals surface area contributed by atoms with Gasteiger partial charge in [0.05, 0.1) is 4.48 Å². The van der Waals surface area contributed by atoms with E-state index in [1.54, 1.807) is 0 Å². The fourth-order valence-electron chi connectivity index (χ4n) is 0.782. The Morgan fingerprint density at radius 2 is 2.36 bits per heavy atom. The Morgan fingerprint density at radius 1 is 1.64 bits per heavy atom. The molecular weight excluding hydrogens is 202 g/mol. The standard InChI is InChI=1S/C9H10BrN/c1-7-3-2-4-8(10)5-6-9(7)11/h5-7H,3,11H2,1H3/b8-5+,9-6+. The van der Waals surface area contributed by atoms with Gasteiger partial charge in [-0.2, -0.15) is 0 Å². The number of nitrogens with two attached hydrogens (primary N) is 1. The van der Waals surface area contributed by atoms with Gasteiger partial charge in [0.15, 0.2) is 0 Å². The van der Waals surface area contributed by atoms with Crippen molar-refractivity contribution in [1.29, 1.82) is 0 Å². The molecule has 0 aliphatic heterocycles. The minimum Gasteiger partial charge on any atom is -0.402 e. The molecule has 0 saturated carbocycles. The molecule has 1 atom stereocenters. The van der Waals surface area contributed by atoms with Crippen LogP contribution >= 0.6 is 15.9 Å². The summed E-state index contributed by atoms with van der Waals surface area (Å²) >= 11 is 3.31. The van der Waals surface area contributed by atoms with E-state index in [0.717, 1.165) is 16.6 Å². The molecule has 0 spiro atoms. The summed E-state index contributed by atoms with van der Waals surface area (Å²) < 4.78 is 0.896. The molecule has 0 saturated heterocycles. The largest absolute Gasteiger partial charge is 0.402 e. The Balaban J connectivity index is 2.88. The molecule has 1 nitrogen and oxygen atoms in total. The first-order valence-electron chi connectivity index (χ1n) is 3.52. The average Bonchev–Trinajstić information content (AvgIpc) is 1.98. The van der Waals surface area contributed by atoms with Gasteiger partial charge in [0.25, 0.3) is 0 Å². The molecule has 1 unspecified atom stereocenters. The Bertz CT molecular complexity index is 265. The smallest absolute Gasteiger partial charge is 0.0674 e. The Morgan fingerprint density at radius 3 is 3.09 bits per heavy atom. The number of halogens is 1. The molecule has 0 radical (unpaired) electrons. The van der Waals surface area contributed by atoms with E-state index < -0.39 is 0 Å². The lowest BCUT2D eigenvalue weighted by atomic mass is 10.0. The van der Waals surface area contributed by atoms with Crippen LogP contribution < -0.4 is 5.73 Å². The second kappa shape index (κ2) is 3.64. The van der Waals surface area contributed by atoms with Crippen LogP contribution in [-0.2, 0) is 0 Å². The lowest BCUT2D eigenvalue weighted by Crippen LogP contribution is -2.08. The highest BCUT2D eigenvalue weighted by Gasteiger charge is 2.03. The highest BCUT2D eigenvalue weighted by molar-refractivity contribution is 9.12. The van der Waals surface area contributed by atoms with Gasteiger partial charge in [0, 0.05) is 18.0 Å². The molecular formula is C9H10BrN. The third-order valence-electron chi connectivity index (χ3n) is 1.61. The summed E-state index contributed by atoms with van der Waals surface area (Å²) in [6.45, 7) is 2.08. The number of hydrogen-bond acceptors (Lipinski definition) is 1. The molecule has 0 heterocycles. The van der Waals surface area contributed by atoms with E-state index >= 15 is 0 Å². The molecule has 0 aromatic rings. The number of rotatable bonds is 0. The highest BCUT2D eigenvalue weighted by atomic mass is 79.9. The summed E-state index contributed by atoms with van der Waals surface area (Å²) in [6.07, 6.45) is 4.63. The minimum absolute atomic E-state index is 0.374. The van der Waals surface area contributed by atoms with Crippen LogP contribution in [0, 0.1) is 17.8 Å². The zero-order chi connectivity index (χ0) is 8.27. The molecule has 58 valence electrons. The Hall–Kier alpha value is -0.680. The molecule has 11 heavy (non-hydrogen) atoms. The van der Waals surface area contributed by atoms with Gasteiger partial charge < -0.3 is 5.73 Å². The highest BCUT2D eigenvalue weighted by Crippen LogP contribution is 2.13. The fourth-order valence-corrected chi connectivity index (χ4v) is 1.05. The zero-order valence-corrected chi connectivity index (χ0v) is 7.98. The predicted octanol–water partition coefficient (Wildman–Crippen LogP) is 2.15. The van der Waals surface area contributed by atoms with E-state index in [4.69, 9.17) is 5.73 Å². The van der Waals surface area contributed by atoms with Crippen molar-refractivity contribution in [2.75, 3.05) is 0 Å². The molecule has 1 rings (SSSR count). The molecule has 0 bridgehead atoms. The van der Waals surface area contributed by atoms with Gasteiger partial charge in [-0.25, -0.2) is 0 Å². The number of hydrogen-bond donors (Lipinski definition) is 1. The van der Waals surface area contributed by atoms with Gasteiger partial charge in [-0.15, -0.1) is 0 Å². The lowest BCUT2D eigenvalue weighted by Gasteiger charge is -2.07. The first-order valence-corrected chi connectivity index (χ1v) is 4.31. The van der Waals surface area contributed by atoms with Crippen molar-refractivity contribution in [3.63, 3.8) is 0 Å². The molecule has 2 N–H and O–H groups in total. The summed E-state index contributed by atoms with van der Waals surface area (Å²) in [5.41, 5.74) is 6.64.